The van der Waals surface area contributed by atoms with Gasteiger partial charge in [0.2, 0.25) is 0 Å². The molecule has 0 unspecified atom stereocenters. The van der Waals surface area contributed by atoms with Crippen LogP contribution < -0.4 is 20.1 Å². The molecule has 2 amide bonds. The lowest BCUT2D eigenvalue weighted by atomic mass is 10.1. The molecule has 0 spiro atoms. The number of carbonyl (C=O) groups is 3. The van der Waals surface area contributed by atoms with Crippen LogP contribution in [0, 0.1) is 20.8 Å². The van der Waals surface area contributed by atoms with E-state index in [2.05, 4.69) is 10.6 Å². The minimum Gasteiger partial charge on any atom is -0.483 e. The molecule has 3 aromatic carbocycles. The Morgan fingerprint density at radius 2 is 1.62 bits per heavy atom. The monoisotopic (exact) mass is 460 g/mol. The fraction of sp³-hybridized carbons (Fsp3) is 0.222. The molecule has 3 rings (SSSR count). The Morgan fingerprint density at radius 1 is 0.882 bits per heavy atom. The number of carbonyl (C=O) groups excluding carboxylic acids is 3. The topological polar surface area (TPSA) is 93.7 Å². The number of esters is 1. The molecule has 0 bridgehead atoms. The summed E-state index contributed by atoms with van der Waals surface area (Å²) in [6, 6.07) is 17.6. The van der Waals surface area contributed by atoms with Crippen LogP contribution in [0.5, 0.6) is 11.5 Å². The Morgan fingerprint density at radius 3 is 2.38 bits per heavy atom. The largest absolute Gasteiger partial charge is 0.483 e. The number of nitrogens with one attached hydrogen (secondary N) is 2. The van der Waals surface area contributed by atoms with E-state index in [9.17, 15) is 14.4 Å². The van der Waals surface area contributed by atoms with Gasteiger partial charge in [0.05, 0.1) is 0 Å². The molecule has 0 saturated heterocycles. The third-order valence-corrected chi connectivity index (χ3v) is 5.25. The lowest BCUT2D eigenvalue weighted by molar-refractivity contribution is -0.131. The van der Waals surface area contributed by atoms with E-state index in [1.807, 2.05) is 39.0 Å². The van der Waals surface area contributed by atoms with Crippen molar-refractivity contribution in [3.63, 3.8) is 0 Å². The summed E-state index contributed by atoms with van der Waals surface area (Å²) < 4.78 is 10.8. The third-order valence-electron chi connectivity index (χ3n) is 5.25. The summed E-state index contributed by atoms with van der Waals surface area (Å²) in [5.74, 6) is -0.00103. The molecule has 3 aromatic rings. The minimum atomic E-state index is -0.457. The van der Waals surface area contributed by atoms with Gasteiger partial charge < -0.3 is 20.1 Å². The number of rotatable bonds is 8. The van der Waals surface area contributed by atoms with Crippen molar-refractivity contribution >= 4 is 23.5 Å². The smallest absolute Gasteiger partial charge is 0.308 e. The summed E-state index contributed by atoms with van der Waals surface area (Å²) in [6.45, 7) is 7.44. The van der Waals surface area contributed by atoms with E-state index in [1.54, 1.807) is 36.4 Å². The molecule has 7 nitrogen and oxygen atoms in total. The number of hydrogen-bond donors (Lipinski definition) is 2. The van der Waals surface area contributed by atoms with Gasteiger partial charge in [0.15, 0.2) is 6.61 Å². The van der Waals surface area contributed by atoms with Crippen LogP contribution in [-0.4, -0.2) is 24.4 Å². The van der Waals surface area contributed by atoms with E-state index in [-0.39, 0.29) is 18.4 Å². The highest BCUT2D eigenvalue weighted by molar-refractivity contribution is 6.04. The van der Waals surface area contributed by atoms with Crippen LogP contribution in [0.3, 0.4) is 0 Å². The molecular formula is C27H28N2O5. The number of amides is 2. The van der Waals surface area contributed by atoms with Crippen LogP contribution in [0.2, 0.25) is 0 Å². The molecule has 0 fully saturated rings. The number of anilines is 1. The van der Waals surface area contributed by atoms with Crippen molar-refractivity contribution in [2.24, 2.45) is 0 Å². The number of hydrogen-bond acceptors (Lipinski definition) is 5. The van der Waals surface area contributed by atoms with Gasteiger partial charge in [-0.15, -0.1) is 0 Å². The standard InChI is InChI=1S/C27H28N2O5/c1-17-11-12-18(2)26(19(17)3)33-16-25(31)28-15-21-7-5-9-23(13-21)29-27(32)22-8-6-10-24(14-22)34-20(4)30/h5-14H,15-16H2,1-4H3,(H,28,31)(H,29,32). The quantitative estimate of drug-likeness (QED) is 0.382. The van der Waals surface area contributed by atoms with E-state index in [0.717, 1.165) is 28.0 Å². The van der Waals surface area contributed by atoms with Crippen molar-refractivity contribution in [2.75, 3.05) is 11.9 Å². The van der Waals surface area contributed by atoms with Crippen molar-refractivity contribution in [1.29, 1.82) is 0 Å². The molecule has 0 aliphatic carbocycles. The Labute approximate surface area is 199 Å². The molecule has 0 aromatic heterocycles. The Bertz CT molecular complexity index is 1220. The molecule has 176 valence electrons. The highest BCUT2D eigenvalue weighted by Gasteiger charge is 2.11. The summed E-state index contributed by atoms with van der Waals surface area (Å²) in [6.07, 6.45) is 0. The molecule has 34 heavy (non-hydrogen) atoms. The van der Waals surface area contributed by atoms with Crippen molar-refractivity contribution in [2.45, 2.75) is 34.2 Å². The van der Waals surface area contributed by atoms with Gasteiger partial charge in [-0.3, -0.25) is 14.4 Å². The molecule has 0 saturated carbocycles. The SMILES string of the molecule is CC(=O)Oc1cccc(C(=O)Nc2cccc(CNC(=O)COc3c(C)ccc(C)c3C)c2)c1. The maximum absolute atomic E-state index is 12.6. The maximum Gasteiger partial charge on any atom is 0.308 e. The molecule has 0 heterocycles. The Hall–Kier alpha value is -4.13. The highest BCUT2D eigenvalue weighted by Crippen LogP contribution is 2.25. The van der Waals surface area contributed by atoms with Crippen LogP contribution in [0.1, 0.15) is 39.5 Å². The zero-order valence-electron chi connectivity index (χ0n) is 19.7. The van der Waals surface area contributed by atoms with Crippen molar-refractivity contribution in [3.05, 3.63) is 88.5 Å². The fourth-order valence-electron chi connectivity index (χ4n) is 3.37. The predicted octanol–water partition coefficient (Wildman–Crippen LogP) is 4.48. The summed E-state index contributed by atoms with van der Waals surface area (Å²) in [5, 5.41) is 5.65. The Kier molecular flexibility index (Phi) is 8.03. The average molecular weight is 461 g/mol. The third kappa shape index (κ3) is 6.68. The van der Waals surface area contributed by atoms with Gasteiger partial charge in [0, 0.05) is 24.7 Å². The van der Waals surface area contributed by atoms with E-state index < -0.39 is 5.97 Å². The van der Waals surface area contributed by atoms with Gasteiger partial charge >= 0.3 is 5.97 Å². The van der Waals surface area contributed by atoms with Crippen LogP contribution in [0.25, 0.3) is 0 Å². The summed E-state index contributed by atoms with van der Waals surface area (Å²) in [7, 11) is 0. The highest BCUT2D eigenvalue weighted by atomic mass is 16.5. The lowest BCUT2D eigenvalue weighted by Crippen LogP contribution is -2.28. The Balaban J connectivity index is 1.55. The van der Waals surface area contributed by atoms with Crippen molar-refractivity contribution in [1.82, 2.24) is 5.32 Å². The van der Waals surface area contributed by atoms with Crippen LogP contribution >= 0.6 is 0 Å². The average Bonchev–Trinajstić information content (AvgIpc) is 2.80. The van der Waals surface area contributed by atoms with E-state index in [0.29, 0.717) is 23.5 Å². The zero-order valence-corrected chi connectivity index (χ0v) is 19.7. The van der Waals surface area contributed by atoms with E-state index in [1.165, 1.54) is 13.0 Å². The predicted molar refractivity (Wildman–Crippen MR) is 130 cm³/mol. The maximum atomic E-state index is 12.6. The van der Waals surface area contributed by atoms with Crippen molar-refractivity contribution < 1.29 is 23.9 Å². The first-order valence-electron chi connectivity index (χ1n) is 10.9. The number of benzene rings is 3. The minimum absolute atomic E-state index is 0.0831. The summed E-state index contributed by atoms with van der Waals surface area (Å²) in [4.78, 5) is 36.0. The molecule has 0 atom stereocenters. The van der Waals surface area contributed by atoms with Gasteiger partial charge in [-0.2, -0.15) is 0 Å². The first-order chi connectivity index (χ1) is 16.2. The van der Waals surface area contributed by atoms with E-state index >= 15 is 0 Å². The molecule has 0 aliphatic heterocycles. The summed E-state index contributed by atoms with van der Waals surface area (Å²) in [5.41, 5.74) is 4.88. The van der Waals surface area contributed by atoms with Gasteiger partial charge in [-0.05, 0) is 73.4 Å². The molecular weight excluding hydrogens is 432 g/mol. The number of aryl methyl sites for hydroxylation is 2. The fourth-order valence-corrected chi connectivity index (χ4v) is 3.37. The molecule has 7 heteroatoms. The summed E-state index contributed by atoms with van der Waals surface area (Å²) >= 11 is 0. The van der Waals surface area contributed by atoms with E-state index in [4.69, 9.17) is 9.47 Å². The van der Waals surface area contributed by atoms with Gasteiger partial charge in [0.1, 0.15) is 11.5 Å². The molecule has 2 N–H and O–H groups in total. The second-order valence-corrected chi connectivity index (χ2v) is 7.99. The van der Waals surface area contributed by atoms with Crippen molar-refractivity contribution in [3.8, 4) is 11.5 Å². The van der Waals surface area contributed by atoms with Crippen LogP contribution in [-0.2, 0) is 16.1 Å². The molecule has 0 radical (unpaired) electrons. The first-order valence-corrected chi connectivity index (χ1v) is 10.9. The second-order valence-electron chi connectivity index (χ2n) is 7.99. The first kappa shape index (κ1) is 24.5. The van der Waals surface area contributed by atoms with Gasteiger partial charge in [-0.25, -0.2) is 0 Å². The lowest BCUT2D eigenvalue weighted by Gasteiger charge is -2.14. The second kappa shape index (κ2) is 11.1. The normalized spacial score (nSPS) is 10.4. The van der Waals surface area contributed by atoms with Crippen LogP contribution in [0.4, 0.5) is 5.69 Å². The van der Waals surface area contributed by atoms with Gasteiger partial charge in [-0.1, -0.05) is 30.3 Å². The number of ether oxygens (including phenoxy) is 2. The zero-order chi connectivity index (χ0) is 24.7. The van der Waals surface area contributed by atoms with Gasteiger partial charge in [0.25, 0.3) is 11.8 Å². The molecule has 0 aliphatic rings. The van der Waals surface area contributed by atoms with Crippen LogP contribution in [0.15, 0.2) is 60.7 Å².